The van der Waals surface area contributed by atoms with Crippen LogP contribution in [0.2, 0.25) is 0 Å². The van der Waals surface area contributed by atoms with Gasteiger partial charge in [0.25, 0.3) is 5.91 Å². The fourth-order valence-electron chi connectivity index (χ4n) is 2.22. The minimum absolute atomic E-state index is 0.0809. The van der Waals surface area contributed by atoms with Crippen molar-refractivity contribution in [3.8, 4) is 0 Å². The number of rotatable bonds is 5. The first kappa shape index (κ1) is 17.2. The summed E-state index contributed by atoms with van der Waals surface area (Å²) < 4.78 is 22.8. The van der Waals surface area contributed by atoms with Crippen molar-refractivity contribution < 1.29 is 18.3 Å². The first-order valence-electron chi connectivity index (χ1n) is 7.11. The molecule has 0 radical (unpaired) electrons. The van der Waals surface area contributed by atoms with E-state index >= 15 is 0 Å². The van der Waals surface area contributed by atoms with E-state index in [4.69, 9.17) is 0 Å². The largest absolute Gasteiger partial charge is 0.387 e. The van der Waals surface area contributed by atoms with Gasteiger partial charge in [-0.15, -0.1) is 0 Å². The van der Waals surface area contributed by atoms with Gasteiger partial charge in [0, 0.05) is 18.4 Å². The number of amides is 1. The smallest absolute Gasteiger partial charge is 0.251 e. The first-order valence-corrected chi connectivity index (χ1v) is 9.00. The fourth-order valence-corrected chi connectivity index (χ4v) is 2.85. The Morgan fingerprint density at radius 2 is 1.74 bits per heavy atom. The molecule has 0 fully saturated rings. The molecule has 0 spiro atoms. The summed E-state index contributed by atoms with van der Waals surface area (Å²) in [6.45, 7) is 1.97. The minimum atomic E-state index is -3.28. The average molecular weight is 333 g/mol. The topological polar surface area (TPSA) is 83.5 Å². The molecule has 0 saturated carbocycles. The van der Waals surface area contributed by atoms with Crippen LogP contribution in [0.4, 0.5) is 0 Å². The molecule has 122 valence electrons. The van der Waals surface area contributed by atoms with Gasteiger partial charge in [0.15, 0.2) is 9.84 Å². The molecule has 2 aromatic carbocycles. The van der Waals surface area contributed by atoms with Gasteiger partial charge in [-0.05, 0) is 42.3 Å². The Balaban J connectivity index is 2.01. The van der Waals surface area contributed by atoms with Gasteiger partial charge in [-0.3, -0.25) is 4.79 Å². The maximum Gasteiger partial charge on any atom is 0.251 e. The number of hydrogen-bond acceptors (Lipinski definition) is 4. The molecule has 0 aliphatic rings. The van der Waals surface area contributed by atoms with Crippen LogP contribution in [0.25, 0.3) is 0 Å². The van der Waals surface area contributed by atoms with Crippen molar-refractivity contribution in [2.24, 2.45) is 0 Å². The van der Waals surface area contributed by atoms with Crippen LogP contribution in [0.1, 0.15) is 27.6 Å². The van der Waals surface area contributed by atoms with Crippen molar-refractivity contribution in [3.63, 3.8) is 0 Å². The van der Waals surface area contributed by atoms with Crippen LogP contribution in [0.15, 0.2) is 53.4 Å². The molecule has 5 nitrogen and oxygen atoms in total. The molecule has 6 heteroatoms. The van der Waals surface area contributed by atoms with Crippen LogP contribution in [-0.2, 0) is 9.84 Å². The van der Waals surface area contributed by atoms with Crippen LogP contribution in [0, 0.1) is 6.92 Å². The summed E-state index contributed by atoms with van der Waals surface area (Å²) in [4.78, 5) is 12.2. The van der Waals surface area contributed by atoms with E-state index < -0.39 is 15.9 Å². The summed E-state index contributed by atoms with van der Waals surface area (Å²) in [5.74, 6) is -0.363. The van der Waals surface area contributed by atoms with Crippen molar-refractivity contribution in [1.82, 2.24) is 5.32 Å². The standard InChI is InChI=1S/C17H19NO4S/c1-12-5-3-4-6-15(12)16(19)11-18-17(20)13-7-9-14(10-8-13)23(2,21)22/h3-10,16,19H,11H2,1-2H3,(H,18,20)/t16-/m0/s1. The summed E-state index contributed by atoms with van der Waals surface area (Å²) in [6.07, 6.45) is 0.316. The predicted octanol–water partition coefficient (Wildman–Crippen LogP) is 1.86. The van der Waals surface area contributed by atoms with E-state index in [0.29, 0.717) is 5.56 Å². The van der Waals surface area contributed by atoms with E-state index in [1.807, 2.05) is 31.2 Å². The Bertz CT molecular complexity index is 798. The Morgan fingerprint density at radius 1 is 1.13 bits per heavy atom. The molecule has 0 unspecified atom stereocenters. The van der Waals surface area contributed by atoms with Gasteiger partial charge in [-0.1, -0.05) is 24.3 Å². The molecule has 0 aromatic heterocycles. The number of carbonyl (C=O) groups is 1. The van der Waals surface area contributed by atoms with E-state index in [1.54, 1.807) is 0 Å². The fraction of sp³-hybridized carbons (Fsp3) is 0.235. The number of hydrogen-bond donors (Lipinski definition) is 2. The maximum atomic E-state index is 12.1. The number of carbonyl (C=O) groups excluding carboxylic acids is 1. The molecule has 23 heavy (non-hydrogen) atoms. The number of aryl methyl sites for hydroxylation is 1. The number of nitrogens with one attached hydrogen (secondary N) is 1. The molecule has 1 atom stereocenters. The lowest BCUT2D eigenvalue weighted by Crippen LogP contribution is -2.28. The van der Waals surface area contributed by atoms with Crippen molar-refractivity contribution >= 4 is 15.7 Å². The number of benzene rings is 2. The second kappa shape index (κ2) is 6.93. The molecule has 1 amide bonds. The Kier molecular flexibility index (Phi) is 5.18. The zero-order valence-electron chi connectivity index (χ0n) is 13.0. The number of sulfone groups is 1. The molecule has 0 aliphatic carbocycles. The van der Waals surface area contributed by atoms with Crippen molar-refractivity contribution in [2.45, 2.75) is 17.9 Å². The summed E-state index contributed by atoms with van der Waals surface area (Å²) in [5.41, 5.74) is 2.06. The lowest BCUT2D eigenvalue weighted by Gasteiger charge is -2.14. The van der Waals surface area contributed by atoms with Gasteiger partial charge >= 0.3 is 0 Å². The van der Waals surface area contributed by atoms with Crippen molar-refractivity contribution in [3.05, 3.63) is 65.2 Å². The van der Waals surface area contributed by atoms with E-state index in [-0.39, 0.29) is 17.3 Å². The third-order valence-corrected chi connectivity index (χ3v) is 4.68. The van der Waals surface area contributed by atoms with Gasteiger partial charge in [0.2, 0.25) is 0 Å². The minimum Gasteiger partial charge on any atom is -0.387 e. The number of aliphatic hydroxyl groups excluding tert-OH is 1. The number of aliphatic hydroxyl groups is 1. The normalized spacial score (nSPS) is 12.7. The summed E-state index contributed by atoms with van der Waals surface area (Å²) >= 11 is 0. The predicted molar refractivity (Wildman–Crippen MR) is 88.0 cm³/mol. The highest BCUT2D eigenvalue weighted by atomic mass is 32.2. The van der Waals surface area contributed by atoms with E-state index in [0.717, 1.165) is 17.4 Å². The highest BCUT2D eigenvalue weighted by Crippen LogP contribution is 2.16. The molecule has 0 aliphatic heterocycles. The lowest BCUT2D eigenvalue weighted by molar-refractivity contribution is 0.0916. The monoisotopic (exact) mass is 333 g/mol. The van der Waals surface area contributed by atoms with Gasteiger partial charge in [-0.25, -0.2) is 8.42 Å². The average Bonchev–Trinajstić information content (AvgIpc) is 2.52. The summed E-state index contributed by atoms with van der Waals surface area (Å²) in [6, 6.07) is 13.1. The Morgan fingerprint density at radius 3 is 2.30 bits per heavy atom. The van der Waals surface area contributed by atoms with Crippen LogP contribution >= 0.6 is 0 Å². The lowest BCUT2D eigenvalue weighted by atomic mass is 10.0. The van der Waals surface area contributed by atoms with Gasteiger partial charge in [0.05, 0.1) is 11.0 Å². The van der Waals surface area contributed by atoms with Crippen LogP contribution in [-0.4, -0.2) is 32.2 Å². The van der Waals surface area contributed by atoms with E-state index in [9.17, 15) is 18.3 Å². The summed E-state index contributed by atoms with van der Waals surface area (Å²) in [5, 5.41) is 12.8. The molecule has 2 rings (SSSR count). The molecule has 2 N–H and O–H groups in total. The Labute approximate surface area is 135 Å². The van der Waals surface area contributed by atoms with Gasteiger partial charge in [-0.2, -0.15) is 0 Å². The first-order chi connectivity index (χ1) is 10.8. The van der Waals surface area contributed by atoms with E-state index in [1.165, 1.54) is 24.3 Å². The van der Waals surface area contributed by atoms with Crippen molar-refractivity contribution in [1.29, 1.82) is 0 Å². The second-order valence-electron chi connectivity index (χ2n) is 5.38. The molecular weight excluding hydrogens is 314 g/mol. The van der Waals surface area contributed by atoms with Crippen molar-refractivity contribution in [2.75, 3.05) is 12.8 Å². The zero-order valence-corrected chi connectivity index (χ0v) is 13.8. The summed E-state index contributed by atoms with van der Waals surface area (Å²) in [7, 11) is -3.28. The quantitative estimate of drug-likeness (QED) is 0.875. The maximum absolute atomic E-state index is 12.1. The Hall–Kier alpha value is -2.18. The van der Waals surface area contributed by atoms with Gasteiger partial charge in [0.1, 0.15) is 0 Å². The highest BCUT2D eigenvalue weighted by molar-refractivity contribution is 7.90. The third kappa shape index (κ3) is 4.40. The highest BCUT2D eigenvalue weighted by Gasteiger charge is 2.13. The molecule has 2 aromatic rings. The SMILES string of the molecule is Cc1ccccc1[C@@H](O)CNC(=O)c1ccc(S(C)(=O)=O)cc1. The molecule has 0 heterocycles. The second-order valence-corrected chi connectivity index (χ2v) is 7.39. The molecule has 0 saturated heterocycles. The molecular formula is C17H19NO4S. The van der Waals surface area contributed by atoms with Crippen LogP contribution in [0.5, 0.6) is 0 Å². The zero-order chi connectivity index (χ0) is 17.0. The van der Waals surface area contributed by atoms with Gasteiger partial charge < -0.3 is 10.4 Å². The van der Waals surface area contributed by atoms with Crippen LogP contribution < -0.4 is 5.32 Å². The van der Waals surface area contributed by atoms with E-state index in [2.05, 4.69) is 5.32 Å². The molecule has 0 bridgehead atoms. The van der Waals surface area contributed by atoms with Crippen LogP contribution in [0.3, 0.4) is 0 Å². The third-order valence-electron chi connectivity index (χ3n) is 3.55.